The SMILES string of the molecule is CC(=O)Nc1ccc(S(=O)(=O)NCCc2nn3c(C)nnc3s2)cc1. The standard InChI is InChI=1S/C14H16N6O3S2/c1-9-17-18-14-20(9)19-13(24-14)7-8-15-25(22,23)12-5-3-11(4-6-12)16-10(2)21/h3-6,15H,7-8H2,1-2H3,(H,16,21). The normalized spacial score (nSPS) is 11.8. The van der Waals surface area contributed by atoms with E-state index in [0.29, 0.717) is 22.9 Å². The fourth-order valence-corrected chi connectivity index (χ4v) is 4.06. The Kier molecular flexibility index (Phi) is 4.79. The Morgan fingerprint density at radius 3 is 2.60 bits per heavy atom. The lowest BCUT2D eigenvalue weighted by Gasteiger charge is -2.07. The van der Waals surface area contributed by atoms with Crippen molar-refractivity contribution in [2.24, 2.45) is 0 Å². The van der Waals surface area contributed by atoms with Crippen LogP contribution in [0.1, 0.15) is 17.8 Å². The minimum absolute atomic E-state index is 0.135. The van der Waals surface area contributed by atoms with E-state index in [0.717, 1.165) is 5.01 Å². The highest BCUT2D eigenvalue weighted by Crippen LogP contribution is 2.15. The van der Waals surface area contributed by atoms with Gasteiger partial charge in [-0.05, 0) is 31.2 Å². The van der Waals surface area contributed by atoms with Gasteiger partial charge >= 0.3 is 0 Å². The number of nitrogens with one attached hydrogen (secondary N) is 2. The highest BCUT2D eigenvalue weighted by atomic mass is 32.2. The van der Waals surface area contributed by atoms with E-state index >= 15 is 0 Å². The smallest absolute Gasteiger partial charge is 0.240 e. The van der Waals surface area contributed by atoms with Crippen LogP contribution in [0.15, 0.2) is 29.2 Å². The Balaban J connectivity index is 1.62. The first-order valence-corrected chi connectivity index (χ1v) is 9.70. The third kappa shape index (κ3) is 4.00. The Morgan fingerprint density at radius 2 is 1.96 bits per heavy atom. The van der Waals surface area contributed by atoms with Gasteiger partial charge in [0.2, 0.25) is 20.9 Å². The number of nitrogens with zero attached hydrogens (tertiary/aromatic N) is 4. The summed E-state index contributed by atoms with van der Waals surface area (Å²) in [7, 11) is -3.62. The van der Waals surface area contributed by atoms with E-state index in [1.807, 2.05) is 0 Å². The summed E-state index contributed by atoms with van der Waals surface area (Å²) in [5.41, 5.74) is 0.543. The summed E-state index contributed by atoms with van der Waals surface area (Å²) < 4.78 is 28.8. The van der Waals surface area contributed by atoms with E-state index in [1.54, 1.807) is 23.6 Å². The van der Waals surface area contributed by atoms with E-state index in [4.69, 9.17) is 0 Å². The van der Waals surface area contributed by atoms with Crippen LogP contribution < -0.4 is 10.0 Å². The average molecular weight is 380 g/mol. The first-order valence-electron chi connectivity index (χ1n) is 7.40. The zero-order chi connectivity index (χ0) is 18.0. The van der Waals surface area contributed by atoms with Crippen molar-refractivity contribution in [3.63, 3.8) is 0 Å². The molecule has 3 rings (SSSR count). The van der Waals surface area contributed by atoms with Crippen LogP contribution in [0.5, 0.6) is 0 Å². The zero-order valence-electron chi connectivity index (χ0n) is 13.6. The maximum atomic E-state index is 12.3. The lowest BCUT2D eigenvalue weighted by molar-refractivity contribution is -0.114. The molecule has 132 valence electrons. The fourth-order valence-electron chi connectivity index (χ4n) is 2.15. The average Bonchev–Trinajstić information content (AvgIpc) is 3.09. The minimum atomic E-state index is -3.62. The molecular weight excluding hydrogens is 364 g/mol. The van der Waals surface area contributed by atoms with Crippen LogP contribution in [0.2, 0.25) is 0 Å². The first kappa shape index (κ1) is 17.5. The van der Waals surface area contributed by atoms with Gasteiger partial charge in [0.25, 0.3) is 0 Å². The largest absolute Gasteiger partial charge is 0.326 e. The van der Waals surface area contributed by atoms with Crippen molar-refractivity contribution in [3.05, 3.63) is 35.1 Å². The van der Waals surface area contributed by atoms with Crippen LogP contribution in [0.4, 0.5) is 5.69 Å². The Morgan fingerprint density at radius 1 is 1.24 bits per heavy atom. The minimum Gasteiger partial charge on any atom is -0.326 e. The summed E-state index contributed by atoms with van der Waals surface area (Å²) in [5.74, 6) is 0.478. The number of fused-ring (bicyclic) bond motifs is 1. The summed E-state index contributed by atoms with van der Waals surface area (Å²) >= 11 is 1.38. The van der Waals surface area contributed by atoms with E-state index in [2.05, 4.69) is 25.3 Å². The fraction of sp³-hybridized carbons (Fsp3) is 0.286. The maximum Gasteiger partial charge on any atom is 0.240 e. The Hall–Kier alpha value is -2.37. The molecule has 9 nitrogen and oxygen atoms in total. The summed E-state index contributed by atoms with van der Waals surface area (Å²) in [6.07, 6.45) is 0.455. The van der Waals surface area contributed by atoms with Gasteiger partial charge in [-0.25, -0.2) is 13.1 Å². The molecule has 2 heterocycles. The van der Waals surface area contributed by atoms with Crippen molar-refractivity contribution in [1.82, 2.24) is 24.5 Å². The molecule has 0 bridgehead atoms. The molecule has 0 saturated carbocycles. The van der Waals surface area contributed by atoms with Gasteiger partial charge in [-0.3, -0.25) is 4.79 Å². The van der Waals surface area contributed by atoms with Crippen LogP contribution in [0, 0.1) is 6.92 Å². The van der Waals surface area contributed by atoms with Gasteiger partial charge in [-0.2, -0.15) is 9.61 Å². The van der Waals surface area contributed by atoms with Gasteiger partial charge in [0.1, 0.15) is 5.01 Å². The topological polar surface area (TPSA) is 118 Å². The van der Waals surface area contributed by atoms with Crippen molar-refractivity contribution >= 4 is 37.9 Å². The molecule has 0 fully saturated rings. The lowest BCUT2D eigenvalue weighted by Crippen LogP contribution is -2.26. The third-order valence-corrected chi connectivity index (χ3v) is 5.74. The molecule has 0 aliphatic carbocycles. The van der Waals surface area contributed by atoms with Crippen LogP contribution in [-0.2, 0) is 21.2 Å². The molecular formula is C14H16N6O3S2. The van der Waals surface area contributed by atoms with E-state index < -0.39 is 10.0 Å². The number of carbonyl (C=O) groups is 1. The summed E-state index contributed by atoms with van der Waals surface area (Å²) in [4.78, 5) is 11.8. The van der Waals surface area contributed by atoms with Gasteiger partial charge in [0.05, 0.1) is 4.90 Å². The molecule has 3 aromatic rings. The Bertz CT molecular complexity index is 1010. The van der Waals surface area contributed by atoms with Gasteiger partial charge in [0.15, 0.2) is 5.82 Å². The molecule has 0 atom stereocenters. The number of benzene rings is 1. The predicted octanol–water partition coefficient (Wildman–Crippen LogP) is 0.974. The number of aromatic nitrogens is 4. The second kappa shape index (κ2) is 6.86. The molecule has 25 heavy (non-hydrogen) atoms. The third-order valence-electron chi connectivity index (χ3n) is 3.30. The maximum absolute atomic E-state index is 12.3. The Labute approximate surface area is 148 Å². The predicted molar refractivity (Wildman–Crippen MR) is 93.0 cm³/mol. The summed E-state index contributed by atoms with van der Waals surface area (Å²) in [6, 6.07) is 5.98. The second-order valence-electron chi connectivity index (χ2n) is 5.29. The van der Waals surface area contributed by atoms with Crippen LogP contribution in [0.25, 0.3) is 4.96 Å². The monoisotopic (exact) mass is 380 g/mol. The quantitative estimate of drug-likeness (QED) is 0.658. The van der Waals surface area contributed by atoms with Crippen molar-refractivity contribution in [2.45, 2.75) is 25.2 Å². The summed E-state index contributed by atoms with van der Waals surface area (Å²) in [5, 5.41) is 15.6. The number of amides is 1. The van der Waals surface area contributed by atoms with Crippen LogP contribution in [-0.4, -0.2) is 40.7 Å². The molecule has 0 aliphatic heterocycles. The van der Waals surface area contributed by atoms with Crippen LogP contribution >= 0.6 is 11.3 Å². The first-order chi connectivity index (χ1) is 11.8. The van der Waals surface area contributed by atoms with Crippen molar-refractivity contribution < 1.29 is 13.2 Å². The van der Waals surface area contributed by atoms with Gasteiger partial charge < -0.3 is 5.32 Å². The molecule has 0 spiro atoms. The van der Waals surface area contributed by atoms with Crippen molar-refractivity contribution in [2.75, 3.05) is 11.9 Å². The summed E-state index contributed by atoms with van der Waals surface area (Å²) in [6.45, 7) is 3.41. The van der Waals surface area contributed by atoms with Gasteiger partial charge in [-0.15, -0.1) is 10.2 Å². The molecule has 11 heteroatoms. The molecule has 2 N–H and O–H groups in total. The van der Waals surface area contributed by atoms with E-state index in [-0.39, 0.29) is 17.3 Å². The van der Waals surface area contributed by atoms with E-state index in [1.165, 1.54) is 30.4 Å². The number of hydrogen-bond donors (Lipinski definition) is 2. The number of anilines is 1. The number of carbonyl (C=O) groups excluding carboxylic acids is 1. The molecule has 2 aromatic heterocycles. The second-order valence-corrected chi connectivity index (χ2v) is 8.10. The van der Waals surface area contributed by atoms with Crippen molar-refractivity contribution in [3.8, 4) is 0 Å². The molecule has 0 aliphatic rings. The zero-order valence-corrected chi connectivity index (χ0v) is 15.2. The van der Waals surface area contributed by atoms with Gasteiger partial charge in [0, 0.05) is 25.6 Å². The number of aryl methyl sites for hydroxylation is 1. The molecule has 1 aromatic carbocycles. The molecule has 0 unspecified atom stereocenters. The molecule has 1 amide bonds. The number of rotatable bonds is 6. The number of hydrogen-bond acceptors (Lipinski definition) is 7. The van der Waals surface area contributed by atoms with Gasteiger partial charge in [-0.1, -0.05) is 11.3 Å². The number of sulfonamides is 1. The molecule has 0 saturated heterocycles. The lowest BCUT2D eigenvalue weighted by atomic mass is 10.3. The van der Waals surface area contributed by atoms with Crippen molar-refractivity contribution in [1.29, 1.82) is 0 Å². The highest BCUT2D eigenvalue weighted by molar-refractivity contribution is 7.89. The highest BCUT2D eigenvalue weighted by Gasteiger charge is 2.14. The molecule has 0 radical (unpaired) electrons. The van der Waals surface area contributed by atoms with E-state index in [9.17, 15) is 13.2 Å². The van der Waals surface area contributed by atoms with Crippen LogP contribution in [0.3, 0.4) is 0 Å².